The Labute approximate surface area is 303 Å². The summed E-state index contributed by atoms with van der Waals surface area (Å²) in [6.45, 7) is 8.98. The van der Waals surface area contributed by atoms with Crippen molar-refractivity contribution in [3.05, 3.63) is 91.4 Å². The highest BCUT2D eigenvalue weighted by atomic mass is 19.4. The fourth-order valence-electron chi connectivity index (χ4n) is 6.41. The van der Waals surface area contributed by atoms with Crippen LogP contribution in [0.4, 0.5) is 35.1 Å². The number of aryl methyl sites for hydroxylation is 3. The van der Waals surface area contributed by atoms with Crippen LogP contribution in [0.15, 0.2) is 35.3 Å². The maximum atomic E-state index is 16.7. The SMILES string of the molecule is CCOC(=O)C[C@H](NC(=O)C(CC(C)C)n1cc(CCCN(C)C)c(C(F)(F)F)cc1=O)c1c(F)c(C)cc(-c2c(C)ccc(C(F)(F)F)c2C)c1F. The summed E-state index contributed by atoms with van der Waals surface area (Å²) >= 11 is 0. The Morgan fingerprint density at radius 2 is 1.55 bits per heavy atom. The molecule has 0 radical (unpaired) electrons. The maximum absolute atomic E-state index is 16.7. The van der Waals surface area contributed by atoms with E-state index in [0.29, 0.717) is 12.6 Å². The number of esters is 1. The Kier molecular flexibility index (Phi) is 14.0. The van der Waals surface area contributed by atoms with Gasteiger partial charge in [0, 0.05) is 23.4 Å². The van der Waals surface area contributed by atoms with E-state index in [4.69, 9.17) is 4.74 Å². The third-order valence-electron chi connectivity index (χ3n) is 8.86. The second-order valence-electron chi connectivity index (χ2n) is 13.8. The first-order valence-electron chi connectivity index (χ1n) is 17.1. The minimum atomic E-state index is -4.87. The zero-order chi connectivity index (χ0) is 40.2. The van der Waals surface area contributed by atoms with Gasteiger partial charge in [-0.2, -0.15) is 26.3 Å². The monoisotopic (exact) mass is 759 g/mol. The Morgan fingerprint density at radius 1 is 0.925 bits per heavy atom. The third-order valence-corrected chi connectivity index (χ3v) is 8.86. The van der Waals surface area contributed by atoms with Gasteiger partial charge in [-0.05, 0) is 113 Å². The molecule has 1 unspecified atom stereocenters. The molecule has 15 heteroatoms. The Balaban J connectivity index is 2.26. The van der Waals surface area contributed by atoms with Gasteiger partial charge in [-0.15, -0.1) is 0 Å². The number of carbonyl (C=O) groups is 2. The molecule has 1 amide bonds. The number of pyridine rings is 1. The van der Waals surface area contributed by atoms with Gasteiger partial charge in [0.1, 0.15) is 17.7 Å². The van der Waals surface area contributed by atoms with Crippen LogP contribution in [0.5, 0.6) is 0 Å². The molecule has 53 heavy (non-hydrogen) atoms. The summed E-state index contributed by atoms with van der Waals surface area (Å²) in [4.78, 5) is 42.0. The topological polar surface area (TPSA) is 80.6 Å². The van der Waals surface area contributed by atoms with Crippen molar-refractivity contribution in [1.82, 2.24) is 14.8 Å². The van der Waals surface area contributed by atoms with Gasteiger partial charge in [-0.3, -0.25) is 14.4 Å². The molecule has 0 fully saturated rings. The highest BCUT2D eigenvalue weighted by molar-refractivity contribution is 5.82. The normalized spacial score (nSPS) is 13.4. The van der Waals surface area contributed by atoms with E-state index in [1.165, 1.54) is 20.8 Å². The predicted octanol–water partition coefficient (Wildman–Crippen LogP) is 8.65. The molecule has 0 spiro atoms. The van der Waals surface area contributed by atoms with Crippen LogP contribution >= 0.6 is 0 Å². The largest absolute Gasteiger partial charge is 0.466 e. The fraction of sp³-hybridized carbons (Fsp3) is 0.500. The summed E-state index contributed by atoms with van der Waals surface area (Å²) in [5.41, 5.74) is -5.33. The van der Waals surface area contributed by atoms with E-state index in [9.17, 15) is 40.7 Å². The fourth-order valence-corrected chi connectivity index (χ4v) is 6.41. The lowest BCUT2D eigenvalue weighted by Crippen LogP contribution is -2.41. The summed E-state index contributed by atoms with van der Waals surface area (Å²) in [7, 11) is 3.48. The number of amides is 1. The van der Waals surface area contributed by atoms with E-state index < -0.39 is 82.2 Å². The highest BCUT2D eigenvalue weighted by Gasteiger charge is 2.38. The van der Waals surface area contributed by atoms with Crippen molar-refractivity contribution in [3.63, 3.8) is 0 Å². The lowest BCUT2D eigenvalue weighted by molar-refractivity contribution is -0.144. The van der Waals surface area contributed by atoms with Crippen molar-refractivity contribution in [3.8, 4) is 11.1 Å². The van der Waals surface area contributed by atoms with Crippen LogP contribution in [0, 0.1) is 38.3 Å². The molecule has 0 aliphatic rings. The number of hydrogen-bond donors (Lipinski definition) is 1. The average molecular weight is 760 g/mol. The van der Waals surface area contributed by atoms with Gasteiger partial charge < -0.3 is 19.5 Å². The molecular formula is C38H45F8N3O4. The number of aromatic nitrogens is 1. The smallest absolute Gasteiger partial charge is 0.416 e. The Bertz CT molecular complexity index is 1870. The number of nitrogens with zero attached hydrogens (tertiary/aromatic N) is 2. The number of nitrogens with one attached hydrogen (secondary N) is 1. The molecule has 3 aromatic rings. The molecule has 1 heterocycles. The number of halogens is 8. The van der Waals surface area contributed by atoms with Gasteiger partial charge in [0.25, 0.3) is 5.56 Å². The quantitative estimate of drug-likeness (QED) is 0.132. The van der Waals surface area contributed by atoms with Crippen LogP contribution in [0.1, 0.15) is 91.1 Å². The van der Waals surface area contributed by atoms with Crippen molar-refractivity contribution >= 4 is 11.9 Å². The van der Waals surface area contributed by atoms with Gasteiger partial charge in [0.2, 0.25) is 5.91 Å². The van der Waals surface area contributed by atoms with Crippen molar-refractivity contribution in [2.45, 2.75) is 91.7 Å². The second-order valence-corrected chi connectivity index (χ2v) is 13.8. The van der Waals surface area contributed by atoms with Gasteiger partial charge in [-0.25, -0.2) is 8.78 Å². The number of alkyl halides is 6. The average Bonchev–Trinajstić information content (AvgIpc) is 3.01. The molecule has 2 aromatic carbocycles. The van der Waals surface area contributed by atoms with Crippen molar-refractivity contribution < 1.29 is 49.4 Å². The number of carbonyl (C=O) groups excluding carboxylic acids is 2. The molecule has 0 saturated carbocycles. The van der Waals surface area contributed by atoms with Gasteiger partial charge in [0.15, 0.2) is 0 Å². The first-order valence-corrected chi connectivity index (χ1v) is 17.1. The lowest BCUT2D eigenvalue weighted by atomic mass is 9.87. The van der Waals surface area contributed by atoms with Crippen LogP contribution in [0.25, 0.3) is 11.1 Å². The third kappa shape index (κ3) is 10.5. The molecule has 0 aliphatic carbocycles. The Hall–Kier alpha value is -4.27. The van der Waals surface area contributed by atoms with E-state index >= 15 is 8.78 Å². The standard InChI is InChI=1S/C38H45F8N3O4/c1-9-53-31(51)18-28(33-34(39)22(5)16-25(35(33)40)32-21(4)12-13-26(23(32)6)37(41,42)43)47-36(52)29(15-20(2)3)49-19-24(11-10-14-48(7)8)27(17-30(49)50)38(44,45)46/h12-13,16-17,19-20,28-29H,9-11,14-15,18H2,1-8H3,(H,47,52)/t28-,29?/m0/s1. The number of ether oxygens (including phenoxy) is 1. The molecule has 0 aliphatic heterocycles. The van der Waals surface area contributed by atoms with Crippen LogP contribution in [-0.2, 0) is 33.1 Å². The lowest BCUT2D eigenvalue weighted by Gasteiger charge is -2.27. The minimum absolute atomic E-state index is 0.0916. The van der Waals surface area contributed by atoms with E-state index in [1.807, 2.05) is 0 Å². The number of benzene rings is 2. The molecule has 3 rings (SSSR count). The van der Waals surface area contributed by atoms with Gasteiger partial charge >= 0.3 is 18.3 Å². The molecule has 1 aromatic heterocycles. The Morgan fingerprint density at radius 3 is 2.09 bits per heavy atom. The first-order chi connectivity index (χ1) is 24.5. The summed E-state index contributed by atoms with van der Waals surface area (Å²) in [6, 6.07) is 0.130. The zero-order valence-corrected chi connectivity index (χ0v) is 30.9. The predicted molar refractivity (Wildman–Crippen MR) is 184 cm³/mol. The van der Waals surface area contributed by atoms with E-state index in [-0.39, 0.29) is 59.6 Å². The van der Waals surface area contributed by atoms with E-state index in [0.717, 1.165) is 35.9 Å². The summed E-state index contributed by atoms with van der Waals surface area (Å²) < 4.78 is 122. The second kappa shape index (κ2) is 17.3. The molecule has 7 nitrogen and oxygen atoms in total. The van der Waals surface area contributed by atoms with Crippen molar-refractivity contribution in [2.24, 2.45) is 5.92 Å². The van der Waals surface area contributed by atoms with Gasteiger partial charge in [0.05, 0.1) is 30.2 Å². The molecule has 0 bridgehead atoms. The maximum Gasteiger partial charge on any atom is 0.416 e. The van der Waals surface area contributed by atoms with Crippen molar-refractivity contribution in [1.29, 1.82) is 0 Å². The van der Waals surface area contributed by atoms with Crippen molar-refractivity contribution in [2.75, 3.05) is 27.2 Å². The first kappa shape index (κ1) is 43.1. The van der Waals surface area contributed by atoms with Crippen LogP contribution in [-0.4, -0.2) is 48.6 Å². The zero-order valence-electron chi connectivity index (χ0n) is 30.9. The van der Waals surface area contributed by atoms with Gasteiger partial charge in [-0.1, -0.05) is 19.9 Å². The van der Waals surface area contributed by atoms with Crippen LogP contribution in [0.2, 0.25) is 0 Å². The minimum Gasteiger partial charge on any atom is -0.466 e. The van der Waals surface area contributed by atoms with E-state index in [2.05, 4.69) is 5.32 Å². The highest BCUT2D eigenvalue weighted by Crippen LogP contribution is 2.41. The molecule has 292 valence electrons. The summed E-state index contributed by atoms with van der Waals surface area (Å²) in [5, 5.41) is 2.44. The number of hydrogen-bond acceptors (Lipinski definition) is 5. The molecular weight excluding hydrogens is 714 g/mol. The summed E-state index contributed by atoms with van der Waals surface area (Å²) in [6.07, 6.45) is -9.44. The van der Waals surface area contributed by atoms with E-state index in [1.54, 1.807) is 32.8 Å². The molecule has 1 N–H and O–H groups in total. The van der Waals surface area contributed by atoms with Crippen LogP contribution in [0.3, 0.4) is 0 Å². The summed E-state index contributed by atoms with van der Waals surface area (Å²) in [5.74, 6) is -4.89. The number of rotatable bonds is 14. The molecule has 0 saturated heterocycles. The molecule has 2 atom stereocenters. The van der Waals surface area contributed by atoms with Crippen LogP contribution < -0.4 is 10.9 Å².